The predicted octanol–water partition coefficient (Wildman–Crippen LogP) is 3.96. The highest BCUT2D eigenvalue weighted by molar-refractivity contribution is 8.00. The Hall–Kier alpha value is -2.52. The third-order valence-electron chi connectivity index (χ3n) is 3.67. The Balaban J connectivity index is 1.76. The van der Waals surface area contributed by atoms with Gasteiger partial charge in [-0.2, -0.15) is 8.78 Å². The molecule has 1 heterocycles. The molecule has 0 saturated carbocycles. The van der Waals surface area contributed by atoms with E-state index in [0.717, 1.165) is 21.9 Å². The largest absolute Gasteiger partial charge is 0.341 e. The summed E-state index contributed by atoms with van der Waals surface area (Å²) in [5.74, 6) is -4.08. The highest BCUT2D eigenvalue weighted by Crippen LogP contribution is 2.28. The molecule has 1 aromatic heterocycles. The second-order valence-corrected chi connectivity index (χ2v) is 8.37. The average molecular weight is 408 g/mol. The third kappa shape index (κ3) is 4.25. The zero-order chi connectivity index (χ0) is 19.4. The fourth-order valence-corrected chi connectivity index (χ4v) is 4.17. The van der Waals surface area contributed by atoms with Gasteiger partial charge in [-0.15, -0.1) is 11.8 Å². The summed E-state index contributed by atoms with van der Waals surface area (Å²) >= 11 is 1.25. The van der Waals surface area contributed by atoms with E-state index in [9.17, 15) is 22.0 Å². The molecule has 0 radical (unpaired) electrons. The van der Waals surface area contributed by atoms with Gasteiger partial charge >= 0.3 is 5.76 Å². The molecule has 0 atom stereocenters. The monoisotopic (exact) mass is 408 g/mol. The lowest BCUT2D eigenvalue weighted by Gasteiger charge is -2.11. The molecule has 3 aromatic rings. The number of thioether (sulfide) groups is 1. The molecule has 0 saturated heterocycles. The minimum atomic E-state index is -4.81. The topological polar surface area (TPSA) is 76.1 Å². The Bertz CT molecular complexity index is 1080. The van der Waals surface area contributed by atoms with Gasteiger partial charge < -0.3 is 5.32 Å². The number of sulfone groups is 1. The van der Waals surface area contributed by atoms with Crippen LogP contribution in [0.2, 0.25) is 0 Å². The van der Waals surface area contributed by atoms with Crippen LogP contribution >= 0.6 is 11.8 Å². The first-order valence-electron chi connectivity index (χ1n) is 7.77. The highest BCUT2D eigenvalue weighted by Gasteiger charge is 2.29. The van der Waals surface area contributed by atoms with Gasteiger partial charge in [-0.1, -0.05) is 30.3 Å². The molecule has 0 aliphatic rings. The van der Waals surface area contributed by atoms with Gasteiger partial charge in [0.05, 0.1) is 21.9 Å². The lowest BCUT2D eigenvalue weighted by Crippen LogP contribution is -2.19. The Morgan fingerprint density at radius 2 is 1.78 bits per heavy atom. The Morgan fingerprint density at radius 3 is 2.56 bits per heavy atom. The van der Waals surface area contributed by atoms with Crippen molar-refractivity contribution in [3.05, 3.63) is 60.8 Å². The summed E-state index contributed by atoms with van der Waals surface area (Å²) in [6.45, 7) is 0. The number of nitrogens with zero attached hydrogens (tertiary/aromatic N) is 1. The van der Waals surface area contributed by atoms with E-state index in [1.165, 1.54) is 30.0 Å². The van der Waals surface area contributed by atoms with Crippen LogP contribution in [0.25, 0.3) is 10.9 Å². The molecule has 0 aliphatic heterocycles. The lowest BCUT2D eigenvalue weighted by molar-refractivity contribution is -0.113. The number of amides is 1. The minimum absolute atomic E-state index is 0.0168. The average Bonchev–Trinajstić information content (AvgIpc) is 2.66. The van der Waals surface area contributed by atoms with E-state index in [4.69, 9.17) is 0 Å². The van der Waals surface area contributed by atoms with Crippen molar-refractivity contribution in [1.82, 2.24) is 4.98 Å². The maximum absolute atomic E-state index is 12.8. The third-order valence-corrected chi connectivity index (χ3v) is 6.18. The molecule has 0 unspecified atom stereocenters. The van der Waals surface area contributed by atoms with E-state index in [0.29, 0.717) is 0 Å². The maximum Gasteiger partial charge on any atom is 0.341 e. The summed E-state index contributed by atoms with van der Waals surface area (Å²) < 4.78 is 49.1. The van der Waals surface area contributed by atoms with Gasteiger partial charge in [0, 0.05) is 16.5 Å². The smallest absolute Gasteiger partial charge is 0.324 e. The number of para-hydroxylation sites is 2. The Morgan fingerprint density at radius 1 is 1.07 bits per heavy atom. The molecule has 3 rings (SSSR count). The van der Waals surface area contributed by atoms with Crippen molar-refractivity contribution in [2.75, 3.05) is 11.1 Å². The van der Waals surface area contributed by atoms with Gasteiger partial charge in [-0.3, -0.25) is 9.78 Å². The Labute approximate surface area is 158 Å². The van der Waals surface area contributed by atoms with Crippen molar-refractivity contribution in [2.24, 2.45) is 0 Å². The molecule has 140 valence electrons. The first-order chi connectivity index (χ1) is 12.9. The predicted molar refractivity (Wildman–Crippen MR) is 101 cm³/mol. The second kappa shape index (κ2) is 8.01. The molecule has 5 nitrogen and oxygen atoms in total. The fourth-order valence-electron chi connectivity index (χ4n) is 2.44. The lowest BCUT2D eigenvalue weighted by atomic mass is 10.2. The van der Waals surface area contributed by atoms with Gasteiger partial charge in [0.1, 0.15) is 0 Å². The fraction of sp³-hybridized carbons (Fsp3) is 0.111. The molecule has 0 spiro atoms. The number of halogens is 2. The number of pyridine rings is 1. The number of benzene rings is 2. The van der Waals surface area contributed by atoms with Crippen molar-refractivity contribution in [3.8, 4) is 0 Å². The van der Waals surface area contributed by atoms with Crippen molar-refractivity contribution in [2.45, 2.75) is 15.5 Å². The molecule has 0 aliphatic carbocycles. The van der Waals surface area contributed by atoms with Crippen LogP contribution in [0.3, 0.4) is 0 Å². The molecule has 27 heavy (non-hydrogen) atoms. The van der Waals surface area contributed by atoms with Crippen LogP contribution in [0.4, 0.5) is 14.5 Å². The summed E-state index contributed by atoms with van der Waals surface area (Å²) in [6.07, 6.45) is 1.63. The standard InChI is InChI=1S/C18H14F2N2O3S2/c19-18(20)27(24,25)16-8-4-3-7-14(16)22-17(23)11-26-15-9-10-21-13-6-2-1-5-12(13)15/h1-10,18H,11H2,(H,22,23). The van der Waals surface area contributed by atoms with Crippen LogP contribution < -0.4 is 5.32 Å². The van der Waals surface area contributed by atoms with E-state index in [2.05, 4.69) is 10.3 Å². The number of alkyl halides is 2. The number of rotatable bonds is 6. The summed E-state index contributed by atoms with van der Waals surface area (Å²) in [4.78, 5) is 16.7. The molecule has 2 aromatic carbocycles. The van der Waals surface area contributed by atoms with Crippen LogP contribution in [0.15, 0.2) is 70.6 Å². The zero-order valence-corrected chi connectivity index (χ0v) is 15.4. The van der Waals surface area contributed by atoms with E-state index in [1.54, 1.807) is 12.3 Å². The zero-order valence-electron chi connectivity index (χ0n) is 13.8. The van der Waals surface area contributed by atoms with E-state index in [-0.39, 0.29) is 11.4 Å². The van der Waals surface area contributed by atoms with Crippen LogP contribution in [-0.4, -0.2) is 30.8 Å². The van der Waals surface area contributed by atoms with Gasteiger partial charge in [-0.25, -0.2) is 8.42 Å². The van der Waals surface area contributed by atoms with Gasteiger partial charge in [0.25, 0.3) is 0 Å². The second-order valence-electron chi connectivity index (χ2n) is 5.46. The first-order valence-corrected chi connectivity index (χ1v) is 10.3. The number of aromatic nitrogens is 1. The number of hydrogen-bond acceptors (Lipinski definition) is 5. The first kappa shape index (κ1) is 19.2. The molecule has 0 fully saturated rings. The molecule has 0 bridgehead atoms. The number of carbonyl (C=O) groups excluding carboxylic acids is 1. The van der Waals surface area contributed by atoms with Crippen molar-refractivity contribution >= 4 is 44.1 Å². The quantitative estimate of drug-likeness (QED) is 0.625. The van der Waals surface area contributed by atoms with Crippen LogP contribution in [-0.2, 0) is 14.6 Å². The van der Waals surface area contributed by atoms with E-state index in [1.807, 2.05) is 24.3 Å². The number of anilines is 1. The number of fused-ring (bicyclic) bond motifs is 1. The molecule has 9 heteroatoms. The Kier molecular flexibility index (Phi) is 5.71. The molecule has 1 amide bonds. The number of hydrogen-bond donors (Lipinski definition) is 1. The van der Waals surface area contributed by atoms with Gasteiger partial charge in [0.15, 0.2) is 0 Å². The van der Waals surface area contributed by atoms with Crippen molar-refractivity contribution in [3.63, 3.8) is 0 Å². The number of nitrogens with one attached hydrogen (secondary N) is 1. The minimum Gasteiger partial charge on any atom is -0.324 e. The molecule has 1 N–H and O–H groups in total. The van der Waals surface area contributed by atoms with Crippen molar-refractivity contribution in [1.29, 1.82) is 0 Å². The number of carbonyl (C=O) groups is 1. The normalized spacial score (nSPS) is 11.7. The summed E-state index contributed by atoms with van der Waals surface area (Å²) in [6, 6.07) is 14.3. The van der Waals surface area contributed by atoms with Crippen LogP contribution in [0.1, 0.15) is 0 Å². The van der Waals surface area contributed by atoms with Crippen LogP contribution in [0, 0.1) is 0 Å². The summed E-state index contributed by atoms with van der Waals surface area (Å²) in [5.41, 5.74) is 0.624. The highest BCUT2D eigenvalue weighted by atomic mass is 32.2. The van der Waals surface area contributed by atoms with Crippen molar-refractivity contribution < 1.29 is 22.0 Å². The van der Waals surface area contributed by atoms with Gasteiger partial charge in [-0.05, 0) is 24.3 Å². The summed E-state index contributed by atoms with van der Waals surface area (Å²) in [7, 11) is -4.81. The molecular formula is C18H14F2N2O3S2. The maximum atomic E-state index is 12.8. The van der Waals surface area contributed by atoms with Gasteiger partial charge in [0.2, 0.25) is 15.7 Å². The summed E-state index contributed by atoms with van der Waals surface area (Å²) in [5, 5.41) is 3.29. The van der Waals surface area contributed by atoms with Crippen LogP contribution in [0.5, 0.6) is 0 Å². The molecular weight excluding hydrogens is 394 g/mol. The van der Waals surface area contributed by atoms with E-state index < -0.39 is 26.4 Å². The SMILES string of the molecule is O=C(CSc1ccnc2ccccc12)Nc1ccccc1S(=O)(=O)C(F)F. The van der Waals surface area contributed by atoms with E-state index >= 15 is 0 Å².